The van der Waals surface area contributed by atoms with Crippen LogP contribution in [0.3, 0.4) is 0 Å². The van der Waals surface area contributed by atoms with Crippen LogP contribution in [0.2, 0.25) is 0 Å². The normalized spacial score (nSPS) is 10.8. The second-order valence-corrected chi connectivity index (χ2v) is 5.10. The van der Waals surface area contributed by atoms with E-state index in [1.807, 2.05) is 36.6 Å². The molecule has 0 spiro atoms. The quantitative estimate of drug-likeness (QED) is 0.717. The average Bonchev–Trinajstić information content (AvgIpc) is 3.06. The summed E-state index contributed by atoms with van der Waals surface area (Å²) in [5.74, 6) is 0.197. The van der Waals surface area contributed by atoms with Gasteiger partial charge in [0, 0.05) is 29.6 Å². The summed E-state index contributed by atoms with van der Waals surface area (Å²) in [6.07, 6.45) is 1.68. The number of carbonyl (C=O) groups is 1. The van der Waals surface area contributed by atoms with Gasteiger partial charge in [0.05, 0.1) is 0 Å². The lowest BCUT2D eigenvalue weighted by molar-refractivity contribution is 0.0967. The maximum absolute atomic E-state index is 12.4. The third-order valence-electron chi connectivity index (χ3n) is 3.05. The van der Waals surface area contributed by atoms with Gasteiger partial charge >= 0.3 is 0 Å². The minimum absolute atomic E-state index is 0.177. The molecule has 0 saturated carbocycles. The standard InChI is InChI=1S/C14H12N2O2S/c1-9-10-5-3-4-6-11(10)18-12(9)13(17)16(2)14-15-7-8-19-14/h3-8H,1-2H3. The number of thiazole rings is 1. The van der Waals surface area contributed by atoms with Crippen molar-refractivity contribution in [3.63, 3.8) is 0 Å². The summed E-state index contributed by atoms with van der Waals surface area (Å²) in [6.45, 7) is 1.90. The number of carbonyl (C=O) groups excluding carboxylic acids is 1. The number of nitrogens with zero attached hydrogens (tertiary/aromatic N) is 2. The van der Waals surface area contributed by atoms with E-state index >= 15 is 0 Å². The van der Waals surface area contributed by atoms with Gasteiger partial charge in [-0.15, -0.1) is 11.3 Å². The van der Waals surface area contributed by atoms with Crippen molar-refractivity contribution in [2.24, 2.45) is 0 Å². The number of fused-ring (bicyclic) bond motifs is 1. The lowest BCUT2D eigenvalue weighted by atomic mass is 10.1. The van der Waals surface area contributed by atoms with E-state index in [2.05, 4.69) is 4.98 Å². The zero-order valence-corrected chi connectivity index (χ0v) is 11.4. The Morgan fingerprint density at radius 3 is 2.84 bits per heavy atom. The highest BCUT2D eigenvalue weighted by Crippen LogP contribution is 2.27. The number of amides is 1. The Morgan fingerprint density at radius 1 is 1.37 bits per heavy atom. The topological polar surface area (TPSA) is 46.3 Å². The first-order valence-electron chi connectivity index (χ1n) is 5.84. The number of aryl methyl sites for hydroxylation is 1. The number of aromatic nitrogens is 1. The summed E-state index contributed by atoms with van der Waals surface area (Å²) in [5, 5.41) is 3.47. The Kier molecular flexibility index (Phi) is 2.83. The molecular formula is C14H12N2O2S. The van der Waals surface area contributed by atoms with E-state index in [0.717, 1.165) is 16.5 Å². The summed E-state index contributed by atoms with van der Waals surface area (Å²) < 4.78 is 5.67. The van der Waals surface area contributed by atoms with Gasteiger partial charge in [-0.25, -0.2) is 4.98 Å². The summed E-state index contributed by atoms with van der Waals surface area (Å²) in [6, 6.07) is 7.64. The Hall–Kier alpha value is -2.14. The number of furan rings is 1. The largest absolute Gasteiger partial charge is 0.451 e. The third kappa shape index (κ3) is 1.92. The number of hydrogen-bond donors (Lipinski definition) is 0. The predicted octanol–water partition coefficient (Wildman–Crippen LogP) is 3.47. The molecule has 0 radical (unpaired) electrons. The highest BCUT2D eigenvalue weighted by molar-refractivity contribution is 7.13. The Labute approximate surface area is 114 Å². The number of para-hydroxylation sites is 1. The van der Waals surface area contributed by atoms with Gasteiger partial charge in [-0.05, 0) is 13.0 Å². The molecule has 19 heavy (non-hydrogen) atoms. The number of rotatable bonds is 2. The molecule has 2 aromatic heterocycles. The Balaban J connectivity index is 2.04. The van der Waals surface area contributed by atoms with Crippen LogP contribution in [-0.2, 0) is 0 Å². The zero-order valence-electron chi connectivity index (χ0n) is 10.6. The van der Waals surface area contributed by atoms with Crippen molar-refractivity contribution in [1.29, 1.82) is 0 Å². The molecule has 0 aliphatic heterocycles. The van der Waals surface area contributed by atoms with Crippen LogP contribution < -0.4 is 4.90 Å². The van der Waals surface area contributed by atoms with E-state index in [0.29, 0.717) is 10.9 Å². The van der Waals surface area contributed by atoms with E-state index in [1.54, 1.807) is 13.2 Å². The molecule has 0 fully saturated rings. The SMILES string of the molecule is Cc1c(C(=O)N(C)c2nccs2)oc2ccccc12. The molecule has 3 rings (SSSR count). The second-order valence-electron chi connectivity index (χ2n) is 4.23. The molecule has 0 aliphatic carbocycles. The van der Waals surface area contributed by atoms with Crippen LogP contribution >= 0.6 is 11.3 Å². The lowest BCUT2D eigenvalue weighted by Crippen LogP contribution is -2.26. The molecule has 1 aromatic carbocycles. The molecule has 0 N–H and O–H groups in total. The summed E-state index contributed by atoms with van der Waals surface area (Å²) >= 11 is 1.42. The van der Waals surface area contributed by atoms with Gasteiger partial charge in [-0.1, -0.05) is 18.2 Å². The van der Waals surface area contributed by atoms with Gasteiger partial charge in [-0.2, -0.15) is 0 Å². The van der Waals surface area contributed by atoms with Crippen LogP contribution in [0.4, 0.5) is 5.13 Å². The molecule has 3 aromatic rings. The predicted molar refractivity (Wildman–Crippen MR) is 75.8 cm³/mol. The fraction of sp³-hybridized carbons (Fsp3) is 0.143. The molecular weight excluding hydrogens is 260 g/mol. The molecule has 5 heteroatoms. The molecule has 2 heterocycles. The first-order chi connectivity index (χ1) is 9.18. The van der Waals surface area contributed by atoms with Gasteiger partial charge in [-0.3, -0.25) is 9.69 Å². The number of benzene rings is 1. The van der Waals surface area contributed by atoms with E-state index in [9.17, 15) is 4.79 Å². The monoisotopic (exact) mass is 272 g/mol. The van der Waals surface area contributed by atoms with Crippen molar-refractivity contribution in [3.05, 3.63) is 47.2 Å². The fourth-order valence-electron chi connectivity index (χ4n) is 2.00. The first-order valence-corrected chi connectivity index (χ1v) is 6.72. The minimum Gasteiger partial charge on any atom is -0.451 e. The van der Waals surface area contributed by atoms with Crippen LogP contribution in [-0.4, -0.2) is 17.9 Å². The van der Waals surface area contributed by atoms with Crippen molar-refractivity contribution in [2.45, 2.75) is 6.92 Å². The van der Waals surface area contributed by atoms with E-state index < -0.39 is 0 Å². The number of anilines is 1. The van der Waals surface area contributed by atoms with Crippen LogP contribution in [0.1, 0.15) is 16.1 Å². The smallest absolute Gasteiger partial charge is 0.295 e. The van der Waals surface area contributed by atoms with E-state index in [-0.39, 0.29) is 5.91 Å². The van der Waals surface area contributed by atoms with Gasteiger partial charge in [0.2, 0.25) is 0 Å². The van der Waals surface area contributed by atoms with Crippen LogP contribution in [0.25, 0.3) is 11.0 Å². The van der Waals surface area contributed by atoms with Gasteiger partial charge < -0.3 is 4.42 Å². The lowest BCUT2D eigenvalue weighted by Gasteiger charge is -2.11. The summed E-state index contributed by atoms with van der Waals surface area (Å²) in [5.41, 5.74) is 1.60. The van der Waals surface area contributed by atoms with Crippen molar-refractivity contribution < 1.29 is 9.21 Å². The second kappa shape index (κ2) is 4.51. The van der Waals surface area contributed by atoms with Gasteiger partial charge in [0.1, 0.15) is 5.58 Å². The van der Waals surface area contributed by atoms with Gasteiger partial charge in [0.15, 0.2) is 10.9 Å². The number of hydrogen-bond acceptors (Lipinski definition) is 4. The molecule has 0 aliphatic rings. The Bertz CT molecular complexity index is 731. The zero-order chi connectivity index (χ0) is 13.4. The first kappa shape index (κ1) is 11.9. The molecule has 0 unspecified atom stereocenters. The highest BCUT2D eigenvalue weighted by atomic mass is 32.1. The summed E-state index contributed by atoms with van der Waals surface area (Å²) in [4.78, 5) is 18.1. The highest BCUT2D eigenvalue weighted by Gasteiger charge is 2.22. The minimum atomic E-state index is -0.177. The van der Waals surface area contributed by atoms with Crippen LogP contribution in [0.15, 0.2) is 40.3 Å². The van der Waals surface area contributed by atoms with Crippen molar-refractivity contribution in [1.82, 2.24) is 4.98 Å². The molecule has 0 atom stereocenters. The average molecular weight is 272 g/mol. The molecule has 0 saturated heterocycles. The molecule has 0 bridgehead atoms. The maximum Gasteiger partial charge on any atom is 0.295 e. The van der Waals surface area contributed by atoms with E-state index in [1.165, 1.54) is 16.2 Å². The maximum atomic E-state index is 12.4. The molecule has 1 amide bonds. The molecule has 4 nitrogen and oxygen atoms in total. The van der Waals surface area contributed by atoms with Crippen LogP contribution in [0.5, 0.6) is 0 Å². The molecule has 96 valence electrons. The Morgan fingerprint density at radius 2 is 2.16 bits per heavy atom. The van der Waals surface area contributed by atoms with E-state index in [4.69, 9.17) is 4.42 Å². The van der Waals surface area contributed by atoms with Gasteiger partial charge in [0.25, 0.3) is 5.91 Å². The van der Waals surface area contributed by atoms with Crippen molar-refractivity contribution in [2.75, 3.05) is 11.9 Å². The summed E-state index contributed by atoms with van der Waals surface area (Å²) in [7, 11) is 1.70. The van der Waals surface area contributed by atoms with Crippen LogP contribution in [0, 0.1) is 6.92 Å². The fourth-order valence-corrected chi connectivity index (χ4v) is 2.61. The van der Waals surface area contributed by atoms with Crippen molar-refractivity contribution in [3.8, 4) is 0 Å². The van der Waals surface area contributed by atoms with Crippen molar-refractivity contribution >= 4 is 33.3 Å². The third-order valence-corrected chi connectivity index (χ3v) is 3.90.